The lowest BCUT2D eigenvalue weighted by Gasteiger charge is -2.07. The van der Waals surface area contributed by atoms with E-state index in [0.29, 0.717) is 5.56 Å². The third-order valence-electron chi connectivity index (χ3n) is 2.56. The molecule has 0 bridgehead atoms. The van der Waals surface area contributed by atoms with Crippen LogP contribution in [0.4, 0.5) is 4.39 Å². The molecule has 0 spiro atoms. The van der Waals surface area contributed by atoms with E-state index in [1.165, 1.54) is 6.07 Å². The molecule has 0 radical (unpaired) electrons. The van der Waals surface area contributed by atoms with Gasteiger partial charge >= 0.3 is 0 Å². The van der Waals surface area contributed by atoms with Crippen LogP contribution in [-0.4, -0.2) is 0 Å². The van der Waals surface area contributed by atoms with Gasteiger partial charge in [0.2, 0.25) is 0 Å². The maximum Gasteiger partial charge on any atom is 0.165 e. The molecule has 0 aliphatic heterocycles. The Hall–Kier alpha value is -2.34. The minimum Gasteiger partial charge on any atom is -0.486 e. The van der Waals surface area contributed by atoms with Gasteiger partial charge in [-0.05, 0) is 42.3 Å². The van der Waals surface area contributed by atoms with Crippen LogP contribution in [0, 0.1) is 24.1 Å². The third-order valence-corrected chi connectivity index (χ3v) is 2.56. The van der Waals surface area contributed by atoms with Crippen molar-refractivity contribution in [3.63, 3.8) is 0 Å². The van der Waals surface area contributed by atoms with E-state index in [4.69, 9.17) is 10.00 Å². The van der Waals surface area contributed by atoms with Gasteiger partial charge < -0.3 is 4.74 Å². The highest BCUT2D eigenvalue weighted by Gasteiger charge is 2.03. The minimum absolute atomic E-state index is 0.241. The molecule has 0 amide bonds. The summed E-state index contributed by atoms with van der Waals surface area (Å²) >= 11 is 0. The Morgan fingerprint density at radius 1 is 1.17 bits per heavy atom. The van der Waals surface area contributed by atoms with Gasteiger partial charge in [-0.3, -0.25) is 0 Å². The summed E-state index contributed by atoms with van der Waals surface area (Å²) in [6.45, 7) is 2.11. The number of benzene rings is 2. The number of hydrogen-bond donors (Lipinski definition) is 0. The van der Waals surface area contributed by atoms with E-state index in [-0.39, 0.29) is 18.2 Å². The number of aryl methyl sites for hydroxylation is 1. The molecule has 0 aliphatic rings. The van der Waals surface area contributed by atoms with E-state index in [1.54, 1.807) is 36.4 Å². The predicted molar refractivity (Wildman–Crippen MR) is 66.6 cm³/mol. The number of ether oxygens (including phenoxy) is 1. The highest BCUT2D eigenvalue weighted by Crippen LogP contribution is 2.19. The van der Waals surface area contributed by atoms with Gasteiger partial charge in [-0.25, -0.2) is 4.39 Å². The summed E-state index contributed by atoms with van der Waals surface area (Å²) in [6, 6.07) is 13.9. The number of hydrogen-bond acceptors (Lipinski definition) is 2. The smallest absolute Gasteiger partial charge is 0.165 e. The summed E-state index contributed by atoms with van der Waals surface area (Å²) in [5, 5.41) is 8.67. The first kappa shape index (κ1) is 12.1. The van der Waals surface area contributed by atoms with Crippen molar-refractivity contribution in [2.75, 3.05) is 0 Å². The zero-order valence-corrected chi connectivity index (χ0v) is 9.98. The van der Waals surface area contributed by atoms with Crippen molar-refractivity contribution >= 4 is 0 Å². The van der Waals surface area contributed by atoms with Crippen LogP contribution in [0.15, 0.2) is 42.5 Å². The Kier molecular flexibility index (Phi) is 3.59. The van der Waals surface area contributed by atoms with Crippen LogP contribution < -0.4 is 4.74 Å². The fourth-order valence-corrected chi connectivity index (χ4v) is 1.56. The Labute approximate surface area is 105 Å². The Balaban J connectivity index is 2.04. The van der Waals surface area contributed by atoms with Crippen molar-refractivity contribution < 1.29 is 9.13 Å². The molecule has 2 aromatic carbocycles. The zero-order valence-electron chi connectivity index (χ0n) is 9.98. The standard InChI is InChI=1S/C15H12FNO/c1-11-2-7-15(14(16)8-11)18-10-13-5-3-12(9-17)4-6-13/h2-8H,10H2,1H3. The lowest BCUT2D eigenvalue weighted by molar-refractivity contribution is 0.290. The molecular formula is C15H12FNO. The third kappa shape index (κ3) is 2.86. The molecule has 2 aromatic rings. The number of nitriles is 1. The van der Waals surface area contributed by atoms with Gasteiger partial charge in [0.25, 0.3) is 0 Å². The molecule has 0 aromatic heterocycles. The summed E-state index contributed by atoms with van der Waals surface area (Å²) in [5.74, 6) is -0.117. The minimum atomic E-state index is -0.358. The summed E-state index contributed by atoms with van der Waals surface area (Å²) in [4.78, 5) is 0. The molecule has 0 N–H and O–H groups in total. The van der Waals surface area contributed by atoms with Crippen molar-refractivity contribution in [3.05, 3.63) is 65.0 Å². The topological polar surface area (TPSA) is 33.0 Å². The molecular weight excluding hydrogens is 229 g/mol. The summed E-state index contributed by atoms with van der Waals surface area (Å²) in [5.41, 5.74) is 2.35. The predicted octanol–water partition coefficient (Wildman–Crippen LogP) is 3.58. The fraction of sp³-hybridized carbons (Fsp3) is 0.133. The van der Waals surface area contributed by atoms with Crippen LogP contribution in [0.1, 0.15) is 16.7 Å². The van der Waals surface area contributed by atoms with E-state index < -0.39 is 0 Å². The molecule has 0 saturated heterocycles. The molecule has 0 saturated carbocycles. The van der Waals surface area contributed by atoms with E-state index >= 15 is 0 Å². The molecule has 0 atom stereocenters. The van der Waals surface area contributed by atoms with Crippen LogP contribution in [0.5, 0.6) is 5.75 Å². The van der Waals surface area contributed by atoms with Gasteiger partial charge in [-0.15, -0.1) is 0 Å². The van der Waals surface area contributed by atoms with Crippen molar-refractivity contribution in [2.45, 2.75) is 13.5 Å². The van der Waals surface area contributed by atoms with Crippen LogP contribution in [0.25, 0.3) is 0 Å². The van der Waals surface area contributed by atoms with Crippen molar-refractivity contribution in [1.82, 2.24) is 0 Å². The van der Waals surface area contributed by atoms with E-state index in [9.17, 15) is 4.39 Å². The van der Waals surface area contributed by atoms with E-state index in [0.717, 1.165) is 11.1 Å². The maximum absolute atomic E-state index is 13.5. The zero-order chi connectivity index (χ0) is 13.0. The van der Waals surface area contributed by atoms with Crippen LogP contribution >= 0.6 is 0 Å². The second-order valence-corrected chi connectivity index (χ2v) is 4.03. The molecule has 2 nitrogen and oxygen atoms in total. The molecule has 0 heterocycles. The van der Waals surface area contributed by atoms with Gasteiger partial charge in [0, 0.05) is 0 Å². The maximum atomic E-state index is 13.5. The lowest BCUT2D eigenvalue weighted by Crippen LogP contribution is -1.97. The highest BCUT2D eigenvalue weighted by atomic mass is 19.1. The quantitative estimate of drug-likeness (QED) is 0.822. The molecule has 90 valence electrons. The molecule has 2 rings (SSSR count). The van der Waals surface area contributed by atoms with Crippen molar-refractivity contribution in [1.29, 1.82) is 5.26 Å². The molecule has 0 aliphatic carbocycles. The highest BCUT2D eigenvalue weighted by molar-refractivity contribution is 5.32. The number of halogens is 1. The van der Waals surface area contributed by atoms with Crippen molar-refractivity contribution in [2.24, 2.45) is 0 Å². The summed E-state index contributed by atoms with van der Waals surface area (Å²) in [6.07, 6.45) is 0. The van der Waals surface area contributed by atoms with Crippen LogP contribution in [0.3, 0.4) is 0 Å². The van der Waals surface area contributed by atoms with Gasteiger partial charge in [0.15, 0.2) is 11.6 Å². The Bertz CT molecular complexity index is 584. The second kappa shape index (κ2) is 5.33. The SMILES string of the molecule is Cc1ccc(OCc2ccc(C#N)cc2)c(F)c1. The first-order valence-electron chi connectivity index (χ1n) is 5.57. The normalized spacial score (nSPS) is 9.83. The van der Waals surface area contributed by atoms with Gasteiger partial charge in [-0.2, -0.15) is 5.26 Å². The fourth-order valence-electron chi connectivity index (χ4n) is 1.56. The largest absolute Gasteiger partial charge is 0.486 e. The van der Waals surface area contributed by atoms with Crippen molar-refractivity contribution in [3.8, 4) is 11.8 Å². The molecule has 0 fully saturated rings. The average molecular weight is 241 g/mol. The molecule has 0 unspecified atom stereocenters. The monoisotopic (exact) mass is 241 g/mol. The van der Waals surface area contributed by atoms with Gasteiger partial charge in [0.05, 0.1) is 11.6 Å². The second-order valence-electron chi connectivity index (χ2n) is 4.03. The number of rotatable bonds is 3. The first-order chi connectivity index (χ1) is 8.69. The van der Waals surface area contributed by atoms with Crippen LogP contribution in [-0.2, 0) is 6.61 Å². The first-order valence-corrected chi connectivity index (χ1v) is 5.57. The van der Waals surface area contributed by atoms with Gasteiger partial charge in [0.1, 0.15) is 6.61 Å². The number of nitrogens with zero attached hydrogens (tertiary/aromatic N) is 1. The Morgan fingerprint density at radius 2 is 1.89 bits per heavy atom. The van der Waals surface area contributed by atoms with E-state index in [2.05, 4.69) is 0 Å². The van der Waals surface area contributed by atoms with Crippen LogP contribution in [0.2, 0.25) is 0 Å². The molecule has 18 heavy (non-hydrogen) atoms. The van der Waals surface area contributed by atoms with E-state index in [1.807, 2.05) is 13.0 Å². The van der Waals surface area contributed by atoms with Gasteiger partial charge in [-0.1, -0.05) is 18.2 Å². The summed E-state index contributed by atoms with van der Waals surface area (Å²) in [7, 11) is 0. The molecule has 3 heteroatoms. The summed E-state index contributed by atoms with van der Waals surface area (Å²) < 4.78 is 18.9. The lowest BCUT2D eigenvalue weighted by atomic mass is 10.1. The Morgan fingerprint density at radius 3 is 2.50 bits per heavy atom. The average Bonchev–Trinajstić information content (AvgIpc) is 2.38.